The lowest BCUT2D eigenvalue weighted by Crippen LogP contribution is -2.62. The molecule has 7 atom stereocenters. The highest BCUT2D eigenvalue weighted by Crippen LogP contribution is 2.64. The van der Waals surface area contributed by atoms with Crippen LogP contribution in [0.4, 0.5) is 0 Å². The van der Waals surface area contributed by atoms with Crippen molar-refractivity contribution in [2.75, 3.05) is 19.8 Å². The molecule has 37 heavy (non-hydrogen) atoms. The first-order chi connectivity index (χ1) is 17.3. The molecule has 0 aromatic heterocycles. The van der Waals surface area contributed by atoms with Gasteiger partial charge in [-0.25, -0.2) is 0 Å². The quantitative estimate of drug-likeness (QED) is 0.241. The van der Waals surface area contributed by atoms with Crippen molar-refractivity contribution in [3.63, 3.8) is 0 Å². The van der Waals surface area contributed by atoms with E-state index in [0.29, 0.717) is 25.8 Å². The minimum absolute atomic E-state index is 0.0564. The summed E-state index contributed by atoms with van der Waals surface area (Å²) in [6, 6.07) is -1.52. The molecule has 3 aliphatic rings. The first-order valence-electron chi connectivity index (χ1n) is 13.7. The van der Waals surface area contributed by atoms with Crippen LogP contribution in [0.3, 0.4) is 0 Å². The van der Waals surface area contributed by atoms with Crippen LogP contribution in [-0.2, 0) is 23.9 Å². The maximum atomic E-state index is 14.4. The van der Waals surface area contributed by atoms with Gasteiger partial charge in [0.1, 0.15) is 17.6 Å². The summed E-state index contributed by atoms with van der Waals surface area (Å²) in [7, 11) is 0. The molecule has 8 heteroatoms. The first kappa shape index (κ1) is 29.4. The van der Waals surface area contributed by atoms with E-state index < -0.39 is 46.6 Å². The van der Waals surface area contributed by atoms with Crippen LogP contribution in [0.1, 0.15) is 73.6 Å². The number of amides is 2. The van der Waals surface area contributed by atoms with E-state index in [9.17, 15) is 19.5 Å². The molecule has 1 spiro atoms. The third kappa shape index (κ3) is 4.87. The van der Waals surface area contributed by atoms with Crippen LogP contribution >= 0.6 is 0 Å². The summed E-state index contributed by atoms with van der Waals surface area (Å²) in [5.74, 6) is -2.70. The van der Waals surface area contributed by atoms with Gasteiger partial charge in [0.2, 0.25) is 11.8 Å². The van der Waals surface area contributed by atoms with E-state index in [-0.39, 0.29) is 30.9 Å². The normalized spacial score (nSPS) is 32.1. The Kier molecular flexibility index (Phi) is 8.64. The number of hydrogen-bond acceptors (Lipinski definition) is 6. The second kappa shape index (κ2) is 10.9. The number of aliphatic hydroxyl groups excluding tert-OH is 1. The topological polar surface area (TPSA) is 96.4 Å². The van der Waals surface area contributed by atoms with Gasteiger partial charge in [0, 0.05) is 12.1 Å². The third-order valence-corrected chi connectivity index (χ3v) is 8.73. The number of carbonyl (C=O) groups is 3. The van der Waals surface area contributed by atoms with E-state index in [1.54, 1.807) is 22.0 Å². The molecule has 0 saturated carbocycles. The molecule has 1 N–H and O–H groups in total. The van der Waals surface area contributed by atoms with Gasteiger partial charge in [0.15, 0.2) is 0 Å². The molecule has 208 valence electrons. The lowest BCUT2D eigenvalue weighted by Gasteiger charge is -2.44. The summed E-state index contributed by atoms with van der Waals surface area (Å²) in [6.45, 7) is 19.5. The fourth-order valence-corrected chi connectivity index (χ4v) is 6.63. The Bertz CT molecular complexity index is 913. The Hall–Kier alpha value is -2.19. The van der Waals surface area contributed by atoms with Crippen molar-refractivity contribution in [1.82, 2.24) is 9.80 Å². The number of esters is 1. The molecule has 0 aromatic carbocycles. The van der Waals surface area contributed by atoms with Gasteiger partial charge in [0.25, 0.3) is 0 Å². The van der Waals surface area contributed by atoms with E-state index in [0.717, 1.165) is 12.8 Å². The Morgan fingerprint density at radius 1 is 1.30 bits per heavy atom. The van der Waals surface area contributed by atoms with Crippen molar-refractivity contribution in [2.24, 2.45) is 17.8 Å². The maximum Gasteiger partial charge on any atom is 0.312 e. The Balaban J connectivity index is 2.11. The van der Waals surface area contributed by atoms with Crippen LogP contribution in [0.25, 0.3) is 0 Å². The van der Waals surface area contributed by atoms with Crippen molar-refractivity contribution >= 4 is 17.8 Å². The summed E-state index contributed by atoms with van der Waals surface area (Å²) in [4.78, 5) is 45.4. The van der Waals surface area contributed by atoms with Gasteiger partial charge in [-0.3, -0.25) is 14.4 Å². The number of aliphatic hydroxyl groups is 1. The summed E-state index contributed by atoms with van der Waals surface area (Å²) in [6.07, 6.45) is 6.57. The minimum Gasteiger partial charge on any atom is -0.465 e. The van der Waals surface area contributed by atoms with E-state index in [1.165, 1.54) is 0 Å². The molecule has 2 amide bonds. The second-order valence-corrected chi connectivity index (χ2v) is 12.1. The SMILES string of the molecule is C=CCCCOC(=O)[C@@H]1[C@H]2C(=O)N([C@@H](CO)[C@@H](C)CC)C(C(=O)N(CC=C)C(C)(C)C)C23CC[C@@]1(C)O3. The van der Waals surface area contributed by atoms with E-state index in [4.69, 9.17) is 9.47 Å². The molecular formula is C29H46N2O6. The highest BCUT2D eigenvalue weighted by molar-refractivity contribution is 5.99. The van der Waals surface area contributed by atoms with Crippen LogP contribution in [0.5, 0.6) is 0 Å². The standard InChI is InChI=1S/C29H46N2O6/c1-9-12-13-17-36-26(35)22-21-24(33)31(20(18-32)19(4)11-3)23(29(21)15-14-28(22,8)37-29)25(34)30(16-10-2)27(5,6)7/h9-10,19-23,32H,1-2,11-18H2,3-8H3/t19-,20-,21-,22-,23?,28+,29?/m0/s1. The number of nitrogens with zero attached hydrogens (tertiary/aromatic N) is 2. The van der Waals surface area contributed by atoms with Gasteiger partial charge in [-0.05, 0) is 59.3 Å². The first-order valence-corrected chi connectivity index (χ1v) is 13.7. The van der Waals surface area contributed by atoms with Crippen LogP contribution in [0.2, 0.25) is 0 Å². The van der Waals surface area contributed by atoms with Crippen molar-refractivity contribution < 1.29 is 29.0 Å². The Labute approximate surface area is 222 Å². The van der Waals surface area contributed by atoms with Gasteiger partial charge < -0.3 is 24.4 Å². The van der Waals surface area contributed by atoms with Crippen LogP contribution in [-0.4, -0.2) is 81.3 Å². The molecular weight excluding hydrogens is 472 g/mol. The van der Waals surface area contributed by atoms with E-state index in [2.05, 4.69) is 13.2 Å². The predicted molar refractivity (Wildman–Crippen MR) is 141 cm³/mol. The monoisotopic (exact) mass is 518 g/mol. The highest BCUT2D eigenvalue weighted by Gasteiger charge is 2.79. The van der Waals surface area contributed by atoms with Gasteiger partial charge in [-0.2, -0.15) is 0 Å². The maximum absolute atomic E-state index is 14.4. The number of carbonyl (C=O) groups excluding carboxylic acids is 3. The molecule has 8 nitrogen and oxygen atoms in total. The lowest BCUT2D eigenvalue weighted by atomic mass is 9.66. The van der Waals surface area contributed by atoms with Crippen LogP contribution in [0, 0.1) is 17.8 Å². The van der Waals surface area contributed by atoms with Crippen LogP contribution < -0.4 is 0 Å². The van der Waals surface area contributed by atoms with Crippen molar-refractivity contribution in [3.05, 3.63) is 25.3 Å². The summed E-state index contributed by atoms with van der Waals surface area (Å²) >= 11 is 0. The fourth-order valence-electron chi connectivity index (χ4n) is 6.63. The van der Waals surface area contributed by atoms with Crippen molar-refractivity contribution in [3.8, 4) is 0 Å². The highest BCUT2D eigenvalue weighted by atomic mass is 16.6. The average Bonchev–Trinajstić information content (AvgIpc) is 3.40. The molecule has 0 aliphatic carbocycles. The fraction of sp³-hybridized carbons (Fsp3) is 0.759. The molecule has 0 radical (unpaired) electrons. The zero-order valence-corrected chi connectivity index (χ0v) is 23.5. The molecule has 3 aliphatic heterocycles. The number of likely N-dealkylation sites (tertiary alicyclic amines) is 1. The number of unbranched alkanes of at least 4 members (excludes halogenated alkanes) is 1. The second-order valence-electron chi connectivity index (χ2n) is 12.1. The Morgan fingerprint density at radius 3 is 2.51 bits per heavy atom. The molecule has 3 rings (SSSR count). The molecule has 2 bridgehead atoms. The summed E-state index contributed by atoms with van der Waals surface area (Å²) in [5.41, 5.74) is -2.58. The lowest BCUT2D eigenvalue weighted by molar-refractivity contribution is -0.163. The minimum atomic E-state index is -1.15. The van der Waals surface area contributed by atoms with E-state index in [1.807, 2.05) is 41.5 Å². The number of ether oxygens (including phenoxy) is 2. The molecule has 3 saturated heterocycles. The van der Waals surface area contributed by atoms with Crippen molar-refractivity contribution in [1.29, 1.82) is 0 Å². The Morgan fingerprint density at radius 2 is 1.97 bits per heavy atom. The largest absolute Gasteiger partial charge is 0.465 e. The molecule has 2 unspecified atom stereocenters. The average molecular weight is 519 g/mol. The predicted octanol–water partition coefficient (Wildman–Crippen LogP) is 3.48. The molecule has 0 aromatic rings. The zero-order chi connectivity index (χ0) is 27.8. The summed E-state index contributed by atoms with van der Waals surface area (Å²) in [5, 5.41) is 10.5. The van der Waals surface area contributed by atoms with Gasteiger partial charge in [0.05, 0.1) is 30.8 Å². The number of allylic oxidation sites excluding steroid dienone is 1. The number of fused-ring (bicyclic) bond motifs is 1. The van der Waals surface area contributed by atoms with Gasteiger partial charge >= 0.3 is 5.97 Å². The van der Waals surface area contributed by atoms with Gasteiger partial charge in [-0.15, -0.1) is 13.2 Å². The number of rotatable bonds is 12. The molecule has 3 heterocycles. The smallest absolute Gasteiger partial charge is 0.312 e. The summed E-state index contributed by atoms with van der Waals surface area (Å²) < 4.78 is 12.3. The van der Waals surface area contributed by atoms with Crippen LogP contribution in [0.15, 0.2) is 25.3 Å². The van der Waals surface area contributed by atoms with E-state index >= 15 is 0 Å². The number of hydrogen-bond donors (Lipinski definition) is 1. The molecule has 3 fully saturated rings. The van der Waals surface area contributed by atoms with Gasteiger partial charge in [-0.1, -0.05) is 32.4 Å². The third-order valence-electron chi connectivity index (χ3n) is 8.73. The zero-order valence-electron chi connectivity index (χ0n) is 23.5. The van der Waals surface area contributed by atoms with Crippen molar-refractivity contribution in [2.45, 2.75) is 102 Å².